The highest BCUT2D eigenvalue weighted by Crippen LogP contribution is 2.07. The lowest BCUT2D eigenvalue weighted by atomic mass is 10.1. The van der Waals surface area contributed by atoms with E-state index in [1.54, 1.807) is 13.2 Å². The zero-order valence-electron chi connectivity index (χ0n) is 11.2. The first kappa shape index (κ1) is 16.9. The maximum atomic E-state index is 5.76. The third-order valence-electron chi connectivity index (χ3n) is 1.90. The molecule has 1 aromatic heterocycles. The van der Waals surface area contributed by atoms with Crippen molar-refractivity contribution in [3.8, 4) is 5.88 Å². The predicted molar refractivity (Wildman–Crippen MR) is 84.4 cm³/mol. The molecule has 1 rings (SSSR count). The van der Waals surface area contributed by atoms with E-state index in [1.165, 1.54) is 0 Å². The Morgan fingerprint density at radius 3 is 2.67 bits per heavy atom. The van der Waals surface area contributed by atoms with E-state index in [9.17, 15) is 0 Å². The Bertz CT molecular complexity index is 401. The summed E-state index contributed by atoms with van der Waals surface area (Å²) in [5.74, 6) is 1.00. The number of methoxy groups -OCH3 is 1. The van der Waals surface area contributed by atoms with Crippen LogP contribution in [0.1, 0.15) is 26.5 Å². The highest BCUT2D eigenvalue weighted by Gasteiger charge is 2.09. The van der Waals surface area contributed by atoms with Gasteiger partial charge in [-0.25, -0.2) is 9.98 Å². The van der Waals surface area contributed by atoms with Gasteiger partial charge in [0.1, 0.15) is 0 Å². The third-order valence-corrected chi connectivity index (χ3v) is 1.90. The van der Waals surface area contributed by atoms with Crippen molar-refractivity contribution in [2.45, 2.75) is 32.9 Å². The monoisotopic (exact) mass is 364 g/mol. The zero-order chi connectivity index (χ0) is 12.9. The summed E-state index contributed by atoms with van der Waals surface area (Å²) in [5, 5.41) is 3.09. The number of hydrogen-bond donors (Lipinski definition) is 2. The quantitative estimate of drug-likeness (QED) is 0.488. The summed E-state index contributed by atoms with van der Waals surface area (Å²) < 4.78 is 5.04. The molecule has 0 saturated carbocycles. The van der Waals surface area contributed by atoms with Gasteiger partial charge in [-0.3, -0.25) is 0 Å². The number of nitrogens with two attached hydrogens (primary N) is 1. The van der Waals surface area contributed by atoms with Gasteiger partial charge in [0.05, 0.1) is 19.3 Å². The molecule has 1 aromatic rings. The van der Waals surface area contributed by atoms with Crippen LogP contribution in [0, 0.1) is 0 Å². The molecule has 102 valence electrons. The first-order valence-corrected chi connectivity index (χ1v) is 5.49. The molecule has 0 aliphatic rings. The first-order chi connectivity index (χ1) is 7.90. The summed E-state index contributed by atoms with van der Waals surface area (Å²) in [6, 6.07) is 5.56. The van der Waals surface area contributed by atoms with Gasteiger partial charge in [-0.05, 0) is 26.8 Å². The van der Waals surface area contributed by atoms with Gasteiger partial charge in [0, 0.05) is 11.6 Å². The summed E-state index contributed by atoms with van der Waals surface area (Å²) in [4.78, 5) is 8.47. The fourth-order valence-electron chi connectivity index (χ4n) is 1.25. The summed E-state index contributed by atoms with van der Waals surface area (Å²) in [6.07, 6.45) is 0. The largest absolute Gasteiger partial charge is 0.481 e. The van der Waals surface area contributed by atoms with Crippen molar-refractivity contribution >= 4 is 29.9 Å². The van der Waals surface area contributed by atoms with Gasteiger partial charge in [-0.2, -0.15) is 0 Å². The molecule has 0 spiro atoms. The predicted octanol–water partition coefficient (Wildman–Crippen LogP) is 1.91. The molecule has 0 aliphatic heterocycles. The van der Waals surface area contributed by atoms with Gasteiger partial charge in [-0.15, -0.1) is 24.0 Å². The Balaban J connectivity index is 0.00000289. The van der Waals surface area contributed by atoms with Crippen LogP contribution in [0.25, 0.3) is 0 Å². The van der Waals surface area contributed by atoms with E-state index in [1.807, 2.05) is 32.9 Å². The smallest absolute Gasteiger partial charge is 0.213 e. The van der Waals surface area contributed by atoms with E-state index >= 15 is 0 Å². The third kappa shape index (κ3) is 6.63. The number of nitrogens with zero attached hydrogens (tertiary/aromatic N) is 2. The van der Waals surface area contributed by atoms with Crippen LogP contribution in [0.3, 0.4) is 0 Å². The Hall–Kier alpha value is -1.05. The Labute approximate surface area is 125 Å². The van der Waals surface area contributed by atoms with Crippen molar-refractivity contribution in [3.05, 3.63) is 23.9 Å². The minimum atomic E-state index is -0.0879. The van der Waals surface area contributed by atoms with Gasteiger partial charge in [0.15, 0.2) is 5.96 Å². The van der Waals surface area contributed by atoms with E-state index in [2.05, 4.69) is 15.3 Å². The SMILES string of the molecule is COc1cccc(CN=C(N)NC(C)(C)C)n1.I. The van der Waals surface area contributed by atoms with Crippen molar-refractivity contribution in [3.63, 3.8) is 0 Å². The van der Waals surface area contributed by atoms with Crippen molar-refractivity contribution < 1.29 is 4.74 Å². The summed E-state index contributed by atoms with van der Waals surface area (Å²) >= 11 is 0. The van der Waals surface area contributed by atoms with Crippen LogP contribution in [0.15, 0.2) is 23.2 Å². The minimum Gasteiger partial charge on any atom is -0.481 e. The summed E-state index contributed by atoms with van der Waals surface area (Å²) in [6.45, 7) is 6.52. The Morgan fingerprint density at radius 2 is 2.11 bits per heavy atom. The lowest BCUT2D eigenvalue weighted by Crippen LogP contribution is -2.45. The number of pyridine rings is 1. The average molecular weight is 364 g/mol. The number of nitrogens with one attached hydrogen (secondary N) is 1. The van der Waals surface area contributed by atoms with Crippen molar-refractivity contribution in [1.29, 1.82) is 0 Å². The van der Waals surface area contributed by atoms with Crippen LogP contribution in [-0.2, 0) is 6.54 Å². The summed E-state index contributed by atoms with van der Waals surface area (Å²) in [7, 11) is 1.59. The molecule has 3 N–H and O–H groups in total. The second kappa shape index (κ2) is 7.40. The van der Waals surface area contributed by atoms with E-state index < -0.39 is 0 Å². The van der Waals surface area contributed by atoms with Gasteiger partial charge < -0.3 is 15.8 Å². The van der Waals surface area contributed by atoms with Crippen LogP contribution in [0.2, 0.25) is 0 Å². The van der Waals surface area contributed by atoms with Crippen LogP contribution < -0.4 is 15.8 Å². The Morgan fingerprint density at radius 1 is 1.44 bits per heavy atom. The molecule has 0 aromatic carbocycles. The standard InChI is InChI=1S/C12H20N4O.HI/c1-12(2,3)16-11(13)14-8-9-6-5-7-10(15-9)17-4;/h5-7H,8H2,1-4H3,(H3,13,14,16);1H. The maximum Gasteiger partial charge on any atom is 0.213 e. The molecule has 0 saturated heterocycles. The van der Waals surface area contributed by atoms with Gasteiger partial charge in [-0.1, -0.05) is 6.07 Å². The number of halogens is 1. The van der Waals surface area contributed by atoms with Gasteiger partial charge >= 0.3 is 0 Å². The molecule has 18 heavy (non-hydrogen) atoms. The normalized spacial score (nSPS) is 11.7. The number of aliphatic imine (C=N–C) groups is 1. The molecule has 5 nitrogen and oxygen atoms in total. The summed E-state index contributed by atoms with van der Waals surface area (Å²) in [5.41, 5.74) is 6.49. The molecule has 0 atom stereocenters. The molecule has 0 bridgehead atoms. The molecule has 0 amide bonds. The van der Waals surface area contributed by atoms with Crippen LogP contribution in [0.5, 0.6) is 5.88 Å². The number of guanidine groups is 1. The highest BCUT2D eigenvalue weighted by atomic mass is 127. The number of hydrogen-bond acceptors (Lipinski definition) is 3. The van der Waals surface area contributed by atoms with Crippen LogP contribution in [0.4, 0.5) is 0 Å². The highest BCUT2D eigenvalue weighted by molar-refractivity contribution is 14.0. The molecular formula is C12H21IN4O. The van der Waals surface area contributed by atoms with E-state index in [4.69, 9.17) is 10.5 Å². The van der Waals surface area contributed by atoms with E-state index in [0.717, 1.165) is 5.69 Å². The molecule has 0 unspecified atom stereocenters. The average Bonchev–Trinajstić information content (AvgIpc) is 2.24. The van der Waals surface area contributed by atoms with E-state index in [0.29, 0.717) is 18.4 Å². The van der Waals surface area contributed by atoms with Gasteiger partial charge in [0.2, 0.25) is 5.88 Å². The zero-order valence-corrected chi connectivity index (χ0v) is 13.6. The van der Waals surface area contributed by atoms with E-state index in [-0.39, 0.29) is 29.5 Å². The maximum absolute atomic E-state index is 5.76. The lowest BCUT2D eigenvalue weighted by Gasteiger charge is -2.20. The first-order valence-electron chi connectivity index (χ1n) is 5.49. The molecule has 0 radical (unpaired) electrons. The number of ether oxygens (including phenoxy) is 1. The van der Waals surface area contributed by atoms with Crippen molar-refractivity contribution in [2.24, 2.45) is 10.7 Å². The molecule has 6 heteroatoms. The molecule has 0 fully saturated rings. The van der Waals surface area contributed by atoms with Crippen molar-refractivity contribution in [1.82, 2.24) is 10.3 Å². The van der Waals surface area contributed by atoms with Crippen LogP contribution >= 0.6 is 24.0 Å². The number of aromatic nitrogens is 1. The molecular weight excluding hydrogens is 343 g/mol. The van der Waals surface area contributed by atoms with Crippen LogP contribution in [-0.4, -0.2) is 23.6 Å². The second-order valence-corrected chi connectivity index (χ2v) is 4.75. The lowest BCUT2D eigenvalue weighted by molar-refractivity contribution is 0.396. The Kier molecular flexibility index (Phi) is 6.97. The molecule has 1 heterocycles. The topological polar surface area (TPSA) is 72.5 Å². The second-order valence-electron chi connectivity index (χ2n) is 4.75. The van der Waals surface area contributed by atoms with Gasteiger partial charge in [0.25, 0.3) is 0 Å². The minimum absolute atomic E-state index is 0. The molecule has 0 aliphatic carbocycles. The fourth-order valence-corrected chi connectivity index (χ4v) is 1.25. The number of rotatable bonds is 3. The van der Waals surface area contributed by atoms with Crippen molar-refractivity contribution in [2.75, 3.05) is 7.11 Å². The fraction of sp³-hybridized carbons (Fsp3) is 0.500.